The van der Waals surface area contributed by atoms with Gasteiger partial charge in [-0.1, -0.05) is 30.3 Å². The number of carbonyl (C=O) groups is 4. The molecule has 0 aromatic heterocycles. The normalized spacial score (nSPS) is 14.5. The molecular weight excluding hydrogens is 656 g/mol. The minimum absolute atomic E-state index is 0.0706. The number of benzene rings is 4. The van der Waals surface area contributed by atoms with E-state index >= 15 is 0 Å². The molecule has 266 valence electrons. The summed E-state index contributed by atoms with van der Waals surface area (Å²) in [5.41, 5.74) is 3.63. The first-order valence-electron chi connectivity index (χ1n) is 17.7. The number of hydrogen-bond acceptors (Lipinski definition) is 6. The molecule has 0 saturated carbocycles. The molecule has 0 radical (unpaired) electrons. The molecule has 2 fully saturated rings. The second-order valence-electron chi connectivity index (χ2n) is 13.5. The number of nitriles is 1. The van der Waals surface area contributed by atoms with Crippen molar-refractivity contribution in [2.75, 3.05) is 31.1 Å². The molecule has 1 N–H and O–H groups in total. The minimum Gasteiger partial charge on any atom is -0.489 e. The van der Waals surface area contributed by atoms with Crippen LogP contribution in [0, 0.1) is 25.2 Å². The summed E-state index contributed by atoms with van der Waals surface area (Å²) in [4.78, 5) is 60.0. The van der Waals surface area contributed by atoms with E-state index in [0.29, 0.717) is 65.3 Å². The Morgan fingerprint density at radius 2 is 1.40 bits per heavy atom. The highest BCUT2D eigenvalue weighted by Crippen LogP contribution is 2.40. The van der Waals surface area contributed by atoms with Gasteiger partial charge in [0.1, 0.15) is 12.4 Å². The number of amides is 3. The molecule has 2 heterocycles. The average molecular weight is 699 g/mol. The van der Waals surface area contributed by atoms with Gasteiger partial charge in [0, 0.05) is 48.4 Å². The lowest BCUT2D eigenvalue weighted by atomic mass is 9.95. The first-order chi connectivity index (χ1) is 25.1. The summed E-state index contributed by atoms with van der Waals surface area (Å²) in [5.74, 6) is -1.72. The Bertz CT molecular complexity index is 2060. The first kappa shape index (κ1) is 35.9. The first-order valence-corrected chi connectivity index (χ1v) is 17.7. The second-order valence-corrected chi connectivity index (χ2v) is 13.5. The lowest BCUT2D eigenvalue weighted by molar-refractivity contribution is 0.0694. The molecule has 2 saturated heterocycles. The predicted molar refractivity (Wildman–Crippen MR) is 197 cm³/mol. The van der Waals surface area contributed by atoms with E-state index in [1.54, 1.807) is 62.1 Å². The number of anilines is 1. The predicted octanol–water partition coefficient (Wildman–Crippen LogP) is 7.33. The summed E-state index contributed by atoms with van der Waals surface area (Å²) in [5, 5.41) is 20.4. The van der Waals surface area contributed by atoms with Crippen molar-refractivity contribution >= 4 is 29.4 Å². The van der Waals surface area contributed by atoms with E-state index in [1.807, 2.05) is 35.2 Å². The van der Waals surface area contributed by atoms with Gasteiger partial charge in [-0.2, -0.15) is 5.26 Å². The van der Waals surface area contributed by atoms with E-state index < -0.39 is 17.9 Å². The molecule has 3 amide bonds. The van der Waals surface area contributed by atoms with Crippen molar-refractivity contribution in [3.8, 4) is 11.8 Å². The van der Waals surface area contributed by atoms with Gasteiger partial charge in [0.25, 0.3) is 17.7 Å². The van der Waals surface area contributed by atoms with Crippen LogP contribution in [0.15, 0.2) is 78.9 Å². The van der Waals surface area contributed by atoms with Crippen LogP contribution in [-0.4, -0.2) is 64.8 Å². The Hall–Kier alpha value is -5.95. The fourth-order valence-electron chi connectivity index (χ4n) is 7.19. The van der Waals surface area contributed by atoms with E-state index in [4.69, 9.17) is 4.74 Å². The number of hydrogen-bond donors (Lipinski definition) is 1. The quantitative estimate of drug-likeness (QED) is 0.183. The van der Waals surface area contributed by atoms with Crippen LogP contribution in [0.25, 0.3) is 0 Å². The molecule has 1 unspecified atom stereocenters. The van der Waals surface area contributed by atoms with Crippen LogP contribution < -0.4 is 9.64 Å². The lowest BCUT2D eigenvalue weighted by Crippen LogP contribution is -2.37. The third-order valence-corrected chi connectivity index (χ3v) is 10.1. The molecule has 6 rings (SSSR count). The van der Waals surface area contributed by atoms with Crippen molar-refractivity contribution in [1.29, 1.82) is 5.26 Å². The van der Waals surface area contributed by atoms with Gasteiger partial charge in [-0.15, -0.1) is 0 Å². The van der Waals surface area contributed by atoms with E-state index in [-0.39, 0.29) is 35.2 Å². The zero-order chi connectivity index (χ0) is 36.9. The maximum atomic E-state index is 15.0. The molecule has 2 aliphatic rings. The van der Waals surface area contributed by atoms with Crippen LogP contribution in [0.5, 0.6) is 5.75 Å². The van der Waals surface area contributed by atoms with Crippen LogP contribution in [0.2, 0.25) is 0 Å². The second kappa shape index (κ2) is 15.5. The smallest absolute Gasteiger partial charge is 0.337 e. The molecule has 4 aromatic carbocycles. The third-order valence-electron chi connectivity index (χ3n) is 10.1. The SMILES string of the molecule is Cc1cc(C(=O)N(c2c(C(=O)O)ccc(C(=O)N3CCCC3)c2C)C(C)c2cc(C#N)ccc2OCc2ccccc2)ccc1C(=O)N1CCCC1. The standard InChI is InChI=1S/C42H42N4O6/c1-27-23-32(14-15-33(27)40(48)44-19-7-8-20-44)39(47)46(38-28(2)34(16-17-35(38)42(50)51)41(49)45-21-9-10-22-45)29(3)36-24-31(25-43)13-18-37(36)52-26-30-11-5-4-6-12-30/h4-6,11-18,23-24,29H,7-10,19-22,26H2,1-3H3,(H,50,51). The minimum atomic E-state index is -1.27. The van der Waals surface area contributed by atoms with Crippen molar-refractivity contribution in [1.82, 2.24) is 9.80 Å². The number of aryl methyl sites for hydroxylation is 1. The number of ether oxygens (including phenoxy) is 1. The zero-order valence-electron chi connectivity index (χ0n) is 29.7. The van der Waals surface area contributed by atoms with Gasteiger partial charge < -0.3 is 19.6 Å². The Labute approximate surface area is 303 Å². The lowest BCUT2D eigenvalue weighted by Gasteiger charge is -2.34. The van der Waals surface area contributed by atoms with Crippen molar-refractivity contribution in [2.45, 2.75) is 59.1 Å². The fraction of sp³-hybridized carbons (Fsp3) is 0.310. The van der Waals surface area contributed by atoms with Gasteiger partial charge in [-0.25, -0.2) is 4.79 Å². The molecule has 4 aromatic rings. The molecule has 1 atom stereocenters. The topological polar surface area (TPSA) is 131 Å². The maximum absolute atomic E-state index is 15.0. The fourth-order valence-corrected chi connectivity index (χ4v) is 7.19. The van der Waals surface area contributed by atoms with Gasteiger partial charge in [0.2, 0.25) is 0 Å². The number of aromatic carboxylic acids is 1. The molecule has 0 bridgehead atoms. The highest BCUT2D eigenvalue weighted by atomic mass is 16.5. The summed E-state index contributed by atoms with van der Waals surface area (Å²) >= 11 is 0. The molecule has 10 heteroatoms. The Kier molecular flexibility index (Phi) is 10.7. The summed E-state index contributed by atoms with van der Waals surface area (Å²) < 4.78 is 6.30. The van der Waals surface area contributed by atoms with Crippen molar-refractivity contribution in [2.24, 2.45) is 0 Å². The Balaban J connectivity index is 1.50. The molecule has 10 nitrogen and oxygen atoms in total. The van der Waals surface area contributed by atoms with E-state index in [9.17, 15) is 29.5 Å². The van der Waals surface area contributed by atoms with Gasteiger partial charge in [-0.05, 0) is 112 Å². The highest BCUT2D eigenvalue weighted by Gasteiger charge is 2.34. The van der Waals surface area contributed by atoms with Gasteiger partial charge >= 0.3 is 5.97 Å². The number of carboxylic acids is 1. The van der Waals surface area contributed by atoms with Crippen molar-refractivity contribution in [3.63, 3.8) is 0 Å². The number of carbonyl (C=O) groups excluding carboxylic acids is 3. The monoisotopic (exact) mass is 698 g/mol. The molecule has 0 spiro atoms. The van der Waals surface area contributed by atoms with Crippen LogP contribution in [0.3, 0.4) is 0 Å². The molecule has 2 aliphatic heterocycles. The van der Waals surface area contributed by atoms with Gasteiger partial charge in [0.05, 0.1) is 28.9 Å². The van der Waals surface area contributed by atoms with E-state index in [2.05, 4.69) is 6.07 Å². The van der Waals surface area contributed by atoms with Crippen LogP contribution in [0.1, 0.15) is 108 Å². The average Bonchev–Trinajstić information content (AvgIpc) is 3.90. The molecular formula is C42H42N4O6. The molecule has 0 aliphatic carbocycles. The largest absolute Gasteiger partial charge is 0.489 e. The maximum Gasteiger partial charge on any atom is 0.337 e. The molecule has 52 heavy (non-hydrogen) atoms. The van der Waals surface area contributed by atoms with Crippen LogP contribution in [-0.2, 0) is 6.61 Å². The van der Waals surface area contributed by atoms with E-state index in [0.717, 1.165) is 31.2 Å². The summed E-state index contributed by atoms with van der Waals surface area (Å²) in [6, 6.07) is 23.6. The summed E-state index contributed by atoms with van der Waals surface area (Å²) in [6.07, 6.45) is 3.65. The van der Waals surface area contributed by atoms with Crippen LogP contribution in [0.4, 0.5) is 5.69 Å². The summed E-state index contributed by atoms with van der Waals surface area (Å²) in [7, 11) is 0. The van der Waals surface area contributed by atoms with Crippen molar-refractivity contribution < 1.29 is 29.0 Å². The zero-order valence-corrected chi connectivity index (χ0v) is 29.7. The number of carboxylic acid groups (broad SMARTS) is 1. The Morgan fingerprint density at radius 1 is 0.808 bits per heavy atom. The van der Waals surface area contributed by atoms with E-state index in [1.165, 1.54) is 17.0 Å². The number of rotatable bonds is 10. The van der Waals surface area contributed by atoms with Crippen molar-refractivity contribution in [3.05, 3.63) is 129 Å². The van der Waals surface area contributed by atoms with Gasteiger partial charge in [0.15, 0.2) is 0 Å². The number of nitrogens with zero attached hydrogens (tertiary/aromatic N) is 4. The van der Waals surface area contributed by atoms with Gasteiger partial charge in [-0.3, -0.25) is 19.3 Å². The third kappa shape index (κ3) is 7.26. The van der Waals surface area contributed by atoms with Crippen LogP contribution >= 0.6 is 0 Å². The summed E-state index contributed by atoms with van der Waals surface area (Å²) in [6.45, 7) is 7.97. The highest BCUT2D eigenvalue weighted by molar-refractivity contribution is 6.12. The number of likely N-dealkylation sites (tertiary alicyclic amines) is 2. The Morgan fingerprint density at radius 3 is 2.00 bits per heavy atom.